The van der Waals surface area contributed by atoms with Crippen molar-refractivity contribution in [2.45, 2.75) is 19.9 Å². The normalized spacial score (nSPS) is 16.0. The molecule has 0 aromatic heterocycles. The number of nitrogens with zero attached hydrogens (tertiary/aromatic N) is 1. The molecule has 0 bridgehead atoms. The summed E-state index contributed by atoms with van der Waals surface area (Å²) in [5.74, 6) is 0.743. The van der Waals surface area contributed by atoms with Gasteiger partial charge in [-0.1, -0.05) is 18.2 Å². The van der Waals surface area contributed by atoms with Gasteiger partial charge in [0.05, 0.1) is 23.8 Å². The molecule has 2 N–H and O–H groups in total. The van der Waals surface area contributed by atoms with Crippen molar-refractivity contribution in [3.63, 3.8) is 0 Å². The van der Waals surface area contributed by atoms with Gasteiger partial charge in [0.25, 0.3) is 5.91 Å². The van der Waals surface area contributed by atoms with Gasteiger partial charge in [0, 0.05) is 25.2 Å². The van der Waals surface area contributed by atoms with E-state index in [2.05, 4.69) is 10.6 Å². The molecule has 9 heteroatoms. The lowest BCUT2D eigenvalue weighted by Crippen LogP contribution is -2.29. The molecule has 3 amide bonds. The second kappa shape index (κ2) is 10.6. The SMILES string of the molecule is CCOc1ccc(N2C[C@H](C(=O)Nc3ccccc3C(=O)NCc3ccc4c(c3)OCO4)CC2=O)cc1. The third kappa shape index (κ3) is 5.35. The molecule has 2 aliphatic heterocycles. The summed E-state index contributed by atoms with van der Waals surface area (Å²) in [7, 11) is 0. The number of hydrogen-bond donors (Lipinski definition) is 2. The number of anilines is 2. The highest BCUT2D eigenvalue weighted by atomic mass is 16.7. The van der Waals surface area contributed by atoms with E-state index < -0.39 is 5.92 Å². The summed E-state index contributed by atoms with van der Waals surface area (Å²) < 4.78 is 16.2. The number of carbonyl (C=O) groups is 3. The highest BCUT2D eigenvalue weighted by Gasteiger charge is 2.35. The van der Waals surface area contributed by atoms with Crippen LogP contribution in [0.4, 0.5) is 11.4 Å². The number of fused-ring (bicyclic) bond motifs is 1. The molecule has 0 aliphatic carbocycles. The Morgan fingerprint density at radius 1 is 1.03 bits per heavy atom. The van der Waals surface area contributed by atoms with Crippen LogP contribution in [0.1, 0.15) is 29.3 Å². The highest BCUT2D eigenvalue weighted by molar-refractivity contribution is 6.07. The van der Waals surface area contributed by atoms with Crippen LogP contribution in [0, 0.1) is 5.92 Å². The second-order valence-corrected chi connectivity index (χ2v) is 8.74. The van der Waals surface area contributed by atoms with E-state index in [1.54, 1.807) is 47.4 Å². The van der Waals surface area contributed by atoms with Gasteiger partial charge in [-0.05, 0) is 61.0 Å². The standard InChI is InChI=1S/C28H27N3O6/c1-2-35-21-10-8-20(9-11-21)31-16-19(14-26(31)32)27(33)30-23-6-4-3-5-22(23)28(34)29-15-18-7-12-24-25(13-18)37-17-36-24/h3-13,19H,2,14-17H2,1H3,(H,29,34)(H,30,33)/t19-/m1/s1. The van der Waals surface area contributed by atoms with Crippen LogP contribution >= 0.6 is 0 Å². The molecule has 0 spiro atoms. The van der Waals surface area contributed by atoms with E-state index in [0.29, 0.717) is 35.0 Å². The number of carbonyl (C=O) groups excluding carboxylic acids is 3. The van der Waals surface area contributed by atoms with Gasteiger partial charge in [0.15, 0.2) is 11.5 Å². The summed E-state index contributed by atoms with van der Waals surface area (Å²) in [5.41, 5.74) is 2.30. The number of amides is 3. The number of benzene rings is 3. The average Bonchev–Trinajstić information content (AvgIpc) is 3.54. The number of ether oxygens (including phenoxy) is 3. The summed E-state index contributed by atoms with van der Waals surface area (Å²) in [6.07, 6.45) is 0.0948. The lowest BCUT2D eigenvalue weighted by atomic mass is 10.1. The first-order chi connectivity index (χ1) is 18.0. The smallest absolute Gasteiger partial charge is 0.253 e. The van der Waals surface area contributed by atoms with Gasteiger partial charge in [-0.15, -0.1) is 0 Å². The maximum Gasteiger partial charge on any atom is 0.253 e. The molecule has 0 saturated carbocycles. The fourth-order valence-corrected chi connectivity index (χ4v) is 4.38. The molecule has 3 aromatic rings. The lowest BCUT2D eigenvalue weighted by molar-refractivity contribution is -0.122. The Morgan fingerprint density at radius 2 is 1.81 bits per heavy atom. The molecule has 2 heterocycles. The van der Waals surface area contributed by atoms with E-state index in [-0.39, 0.29) is 44.0 Å². The summed E-state index contributed by atoms with van der Waals surface area (Å²) >= 11 is 0. The summed E-state index contributed by atoms with van der Waals surface area (Å²) in [6, 6.07) is 19.5. The quantitative estimate of drug-likeness (QED) is 0.487. The Bertz CT molecular complexity index is 1320. The zero-order chi connectivity index (χ0) is 25.8. The minimum absolute atomic E-state index is 0.0948. The number of hydrogen-bond acceptors (Lipinski definition) is 6. The van der Waals surface area contributed by atoms with E-state index in [4.69, 9.17) is 14.2 Å². The maximum atomic E-state index is 13.1. The Balaban J connectivity index is 1.21. The molecule has 1 atom stereocenters. The largest absolute Gasteiger partial charge is 0.494 e. The van der Waals surface area contributed by atoms with Crippen LogP contribution in [0.15, 0.2) is 66.7 Å². The Labute approximate surface area is 214 Å². The van der Waals surface area contributed by atoms with Crippen LogP contribution < -0.4 is 29.7 Å². The summed E-state index contributed by atoms with van der Waals surface area (Å²) in [5, 5.41) is 5.73. The fourth-order valence-electron chi connectivity index (χ4n) is 4.38. The van der Waals surface area contributed by atoms with Crippen molar-refractivity contribution in [1.29, 1.82) is 0 Å². The molecule has 9 nitrogen and oxygen atoms in total. The first-order valence-corrected chi connectivity index (χ1v) is 12.1. The van der Waals surface area contributed by atoms with Gasteiger partial charge in [0.2, 0.25) is 18.6 Å². The van der Waals surface area contributed by atoms with Gasteiger partial charge < -0.3 is 29.7 Å². The molecule has 2 aliphatic rings. The molecule has 3 aromatic carbocycles. The zero-order valence-corrected chi connectivity index (χ0v) is 20.4. The van der Waals surface area contributed by atoms with Gasteiger partial charge in [-0.3, -0.25) is 14.4 Å². The maximum absolute atomic E-state index is 13.1. The summed E-state index contributed by atoms with van der Waals surface area (Å²) in [6.45, 7) is 3.19. The monoisotopic (exact) mass is 501 g/mol. The molecule has 5 rings (SSSR count). The van der Waals surface area contributed by atoms with Crippen LogP contribution in [0.5, 0.6) is 17.2 Å². The van der Waals surface area contributed by atoms with Crippen molar-refractivity contribution < 1.29 is 28.6 Å². The molecule has 37 heavy (non-hydrogen) atoms. The average molecular weight is 502 g/mol. The third-order valence-corrected chi connectivity index (χ3v) is 6.27. The van der Waals surface area contributed by atoms with Crippen molar-refractivity contribution in [2.75, 3.05) is 30.2 Å². The van der Waals surface area contributed by atoms with E-state index in [9.17, 15) is 14.4 Å². The molecular weight excluding hydrogens is 474 g/mol. The van der Waals surface area contributed by atoms with Crippen molar-refractivity contribution in [3.05, 3.63) is 77.9 Å². The van der Waals surface area contributed by atoms with Crippen LogP contribution in [-0.4, -0.2) is 37.7 Å². The number of para-hydroxylation sites is 1. The molecule has 0 radical (unpaired) electrons. The summed E-state index contributed by atoms with van der Waals surface area (Å²) in [4.78, 5) is 40.3. The highest BCUT2D eigenvalue weighted by Crippen LogP contribution is 2.32. The van der Waals surface area contributed by atoms with Crippen LogP contribution in [0.2, 0.25) is 0 Å². The van der Waals surface area contributed by atoms with Crippen molar-refractivity contribution >= 4 is 29.1 Å². The van der Waals surface area contributed by atoms with E-state index in [1.165, 1.54) is 0 Å². The third-order valence-electron chi connectivity index (χ3n) is 6.27. The Morgan fingerprint density at radius 3 is 2.62 bits per heavy atom. The van der Waals surface area contributed by atoms with Gasteiger partial charge in [-0.2, -0.15) is 0 Å². The molecule has 1 saturated heterocycles. The predicted octanol–water partition coefficient (Wildman–Crippen LogP) is 3.74. The zero-order valence-electron chi connectivity index (χ0n) is 20.4. The van der Waals surface area contributed by atoms with Crippen LogP contribution in [-0.2, 0) is 16.1 Å². The Hall–Kier alpha value is -4.53. The molecule has 1 fully saturated rings. The minimum atomic E-state index is -0.538. The van der Waals surface area contributed by atoms with Crippen LogP contribution in [0.3, 0.4) is 0 Å². The molecular formula is C28H27N3O6. The van der Waals surface area contributed by atoms with Crippen molar-refractivity contribution in [3.8, 4) is 17.2 Å². The first-order valence-electron chi connectivity index (χ1n) is 12.1. The predicted molar refractivity (Wildman–Crippen MR) is 137 cm³/mol. The second-order valence-electron chi connectivity index (χ2n) is 8.74. The Kier molecular flexibility index (Phi) is 6.93. The molecule has 190 valence electrons. The fraction of sp³-hybridized carbons (Fsp3) is 0.250. The van der Waals surface area contributed by atoms with Gasteiger partial charge in [-0.25, -0.2) is 0 Å². The first kappa shape index (κ1) is 24.2. The van der Waals surface area contributed by atoms with E-state index in [1.807, 2.05) is 31.2 Å². The van der Waals surface area contributed by atoms with Crippen molar-refractivity contribution in [1.82, 2.24) is 5.32 Å². The van der Waals surface area contributed by atoms with E-state index >= 15 is 0 Å². The van der Waals surface area contributed by atoms with Crippen LogP contribution in [0.25, 0.3) is 0 Å². The number of nitrogens with one attached hydrogen (secondary N) is 2. The lowest BCUT2D eigenvalue weighted by Gasteiger charge is -2.17. The minimum Gasteiger partial charge on any atom is -0.494 e. The van der Waals surface area contributed by atoms with Gasteiger partial charge in [0.1, 0.15) is 5.75 Å². The van der Waals surface area contributed by atoms with Gasteiger partial charge >= 0.3 is 0 Å². The topological polar surface area (TPSA) is 106 Å². The van der Waals surface area contributed by atoms with Crippen molar-refractivity contribution in [2.24, 2.45) is 5.92 Å². The number of rotatable bonds is 8. The molecule has 0 unspecified atom stereocenters. The van der Waals surface area contributed by atoms with E-state index in [0.717, 1.165) is 11.3 Å².